The molecule has 1 heterocycles. The summed E-state index contributed by atoms with van der Waals surface area (Å²) in [5, 5.41) is 19.5. The lowest BCUT2D eigenvalue weighted by molar-refractivity contribution is 0.00318. The Hall–Kier alpha value is -1.22. The zero-order valence-corrected chi connectivity index (χ0v) is 8.66. The van der Waals surface area contributed by atoms with E-state index < -0.39 is 6.10 Å². The number of aliphatic hydroxyl groups is 1. The lowest BCUT2D eigenvalue weighted by atomic mass is 9.96. The van der Waals surface area contributed by atoms with E-state index in [1.165, 1.54) is 0 Å². The summed E-state index contributed by atoms with van der Waals surface area (Å²) in [5.41, 5.74) is 1.49. The van der Waals surface area contributed by atoms with Gasteiger partial charge < -0.3 is 14.9 Å². The Kier molecular flexibility index (Phi) is 1.61. The van der Waals surface area contributed by atoms with Crippen LogP contribution in [0.15, 0.2) is 12.1 Å². The highest BCUT2D eigenvalue weighted by molar-refractivity contribution is 5.48. The Bertz CT molecular complexity index is 421. The van der Waals surface area contributed by atoms with Crippen molar-refractivity contribution in [1.82, 2.24) is 0 Å². The van der Waals surface area contributed by atoms with Crippen molar-refractivity contribution in [3.05, 3.63) is 23.3 Å². The van der Waals surface area contributed by atoms with Gasteiger partial charge in [0.05, 0.1) is 6.10 Å². The molecule has 1 saturated carbocycles. The Morgan fingerprint density at radius 3 is 2.80 bits per heavy atom. The molecule has 2 aliphatic rings. The standard InChI is InChI=1S/C12H14O3/c1-7-4-8-5-11(14)12(2-3-12)15-10(8)6-9(7)13/h4,6,11,13-14H,2-3,5H2,1H3. The molecule has 1 atom stereocenters. The van der Waals surface area contributed by atoms with Crippen molar-refractivity contribution in [1.29, 1.82) is 0 Å². The van der Waals surface area contributed by atoms with Gasteiger partial charge in [0.1, 0.15) is 17.1 Å². The maximum absolute atomic E-state index is 9.92. The highest BCUT2D eigenvalue weighted by Crippen LogP contribution is 2.49. The molecule has 0 saturated heterocycles. The van der Waals surface area contributed by atoms with Gasteiger partial charge in [0.15, 0.2) is 0 Å². The molecule has 0 bridgehead atoms. The quantitative estimate of drug-likeness (QED) is 0.676. The van der Waals surface area contributed by atoms with Crippen molar-refractivity contribution in [2.75, 3.05) is 0 Å². The van der Waals surface area contributed by atoms with Gasteiger partial charge in [-0.1, -0.05) is 0 Å². The third kappa shape index (κ3) is 1.23. The summed E-state index contributed by atoms with van der Waals surface area (Å²) in [6.45, 7) is 1.85. The van der Waals surface area contributed by atoms with E-state index in [-0.39, 0.29) is 11.4 Å². The first-order chi connectivity index (χ1) is 7.11. The average molecular weight is 206 g/mol. The van der Waals surface area contributed by atoms with Gasteiger partial charge in [-0.3, -0.25) is 0 Å². The molecule has 0 aromatic heterocycles. The first-order valence-electron chi connectivity index (χ1n) is 5.30. The van der Waals surface area contributed by atoms with Crippen molar-refractivity contribution in [2.24, 2.45) is 0 Å². The number of phenolic OH excluding ortho intramolecular Hbond substituents is 1. The number of aryl methyl sites for hydroxylation is 1. The normalized spacial score (nSPS) is 25.9. The van der Waals surface area contributed by atoms with Crippen LogP contribution in [-0.2, 0) is 6.42 Å². The SMILES string of the molecule is Cc1cc2c(cc1O)OC1(CC1)C(O)C2. The second-order valence-corrected chi connectivity index (χ2v) is 4.63. The number of fused-ring (bicyclic) bond motifs is 1. The minimum atomic E-state index is -0.394. The minimum Gasteiger partial charge on any atom is -0.508 e. The van der Waals surface area contributed by atoms with Gasteiger partial charge in [0.25, 0.3) is 0 Å². The van der Waals surface area contributed by atoms with Crippen LogP contribution in [0.3, 0.4) is 0 Å². The molecule has 0 amide bonds. The molecule has 3 rings (SSSR count). The molecule has 1 aliphatic carbocycles. The van der Waals surface area contributed by atoms with Crippen LogP contribution in [0.1, 0.15) is 24.0 Å². The summed E-state index contributed by atoms with van der Waals surface area (Å²) in [4.78, 5) is 0. The Balaban J connectivity index is 2.05. The Labute approximate surface area is 88.3 Å². The second kappa shape index (κ2) is 2.67. The van der Waals surface area contributed by atoms with E-state index in [9.17, 15) is 10.2 Å². The van der Waals surface area contributed by atoms with Gasteiger partial charge >= 0.3 is 0 Å². The van der Waals surface area contributed by atoms with Crippen molar-refractivity contribution in [3.63, 3.8) is 0 Å². The molecule has 1 fully saturated rings. The minimum absolute atomic E-state index is 0.265. The van der Waals surface area contributed by atoms with Gasteiger partial charge in [-0.2, -0.15) is 0 Å². The van der Waals surface area contributed by atoms with Gasteiger partial charge in [-0.15, -0.1) is 0 Å². The van der Waals surface area contributed by atoms with Crippen molar-refractivity contribution in [3.8, 4) is 11.5 Å². The van der Waals surface area contributed by atoms with E-state index in [4.69, 9.17) is 4.74 Å². The Morgan fingerprint density at radius 1 is 1.40 bits per heavy atom. The van der Waals surface area contributed by atoms with Crippen LogP contribution < -0.4 is 4.74 Å². The summed E-state index contributed by atoms with van der Waals surface area (Å²) in [5.74, 6) is 1.00. The molecule has 3 nitrogen and oxygen atoms in total. The second-order valence-electron chi connectivity index (χ2n) is 4.63. The van der Waals surface area contributed by atoms with Crippen LogP contribution >= 0.6 is 0 Å². The van der Waals surface area contributed by atoms with Crippen LogP contribution in [0, 0.1) is 6.92 Å². The molecule has 1 aromatic rings. The summed E-state index contributed by atoms with van der Waals surface area (Å²) in [6.07, 6.45) is 2.08. The summed E-state index contributed by atoms with van der Waals surface area (Å²) in [6, 6.07) is 3.56. The zero-order chi connectivity index (χ0) is 10.6. The number of ether oxygens (including phenoxy) is 1. The van der Waals surface area contributed by atoms with Crippen LogP contribution in [0.5, 0.6) is 11.5 Å². The molecule has 15 heavy (non-hydrogen) atoms. The molecule has 1 aliphatic heterocycles. The third-order valence-electron chi connectivity index (χ3n) is 3.46. The molecular weight excluding hydrogens is 192 g/mol. The highest BCUT2D eigenvalue weighted by Gasteiger charge is 2.54. The maximum atomic E-state index is 9.92. The van der Waals surface area contributed by atoms with Crippen LogP contribution in [0.25, 0.3) is 0 Å². The largest absolute Gasteiger partial charge is 0.508 e. The number of aromatic hydroxyl groups is 1. The van der Waals surface area contributed by atoms with E-state index in [0.717, 1.165) is 29.7 Å². The topological polar surface area (TPSA) is 49.7 Å². The van der Waals surface area contributed by atoms with Crippen molar-refractivity contribution < 1.29 is 14.9 Å². The van der Waals surface area contributed by atoms with Gasteiger partial charge in [-0.25, -0.2) is 0 Å². The number of phenols is 1. The molecule has 3 heteroatoms. The fourth-order valence-corrected chi connectivity index (χ4v) is 2.23. The monoisotopic (exact) mass is 206 g/mol. The Morgan fingerprint density at radius 2 is 2.13 bits per heavy atom. The number of hydrogen-bond acceptors (Lipinski definition) is 3. The van der Waals surface area contributed by atoms with Crippen LogP contribution in [-0.4, -0.2) is 21.9 Å². The lowest BCUT2D eigenvalue weighted by Gasteiger charge is -2.31. The average Bonchev–Trinajstić information content (AvgIpc) is 2.93. The third-order valence-corrected chi connectivity index (χ3v) is 3.46. The molecular formula is C12H14O3. The molecule has 0 radical (unpaired) electrons. The summed E-state index contributed by atoms with van der Waals surface area (Å²) < 4.78 is 5.77. The number of aliphatic hydroxyl groups excluding tert-OH is 1. The van der Waals surface area contributed by atoms with Gasteiger partial charge in [0, 0.05) is 12.5 Å². The summed E-state index contributed by atoms with van der Waals surface area (Å²) >= 11 is 0. The molecule has 80 valence electrons. The van der Waals surface area contributed by atoms with E-state index in [1.807, 2.05) is 13.0 Å². The van der Waals surface area contributed by atoms with Gasteiger partial charge in [0.2, 0.25) is 0 Å². The smallest absolute Gasteiger partial charge is 0.135 e. The van der Waals surface area contributed by atoms with E-state index in [1.54, 1.807) is 6.07 Å². The van der Waals surface area contributed by atoms with E-state index >= 15 is 0 Å². The fourth-order valence-electron chi connectivity index (χ4n) is 2.23. The first kappa shape index (κ1) is 9.04. The van der Waals surface area contributed by atoms with Crippen molar-refractivity contribution >= 4 is 0 Å². The zero-order valence-electron chi connectivity index (χ0n) is 8.66. The lowest BCUT2D eigenvalue weighted by Crippen LogP contribution is -2.39. The molecule has 2 N–H and O–H groups in total. The van der Waals surface area contributed by atoms with Crippen LogP contribution in [0.2, 0.25) is 0 Å². The molecule has 1 unspecified atom stereocenters. The fraction of sp³-hybridized carbons (Fsp3) is 0.500. The predicted molar refractivity (Wildman–Crippen MR) is 55.1 cm³/mol. The maximum Gasteiger partial charge on any atom is 0.135 e. The van der Waals surface area contributed by atoms with Crippen LogP contribution in [0.4, 0.5) is 0 Å². The number of hydrogen-bond donors (Lipinski definition) is 2. The molecule has 1 spiro atoms. The van der Waals surface area contributed by atoms with E-state index in [2.05, 4.69) is 0 Å². The number of benzene rings is 1. The van der Waals surface area contributed by atoms with E-state index in [0.29, 0.717) is 6.42 Å². The van der Waals surface area contributed by atoms with Crippen molar-refractivity contribution in [2.45, 2.75) is 37.9 Å². The predicted octanol–water partition coefficient (Wildman–Crippen LogP) is 1.53. The summed E-state index contributed by atoms with van der Waals surface area (Å²) in [7, 11) is 0. The first-order valence-corrected chi connectivity index (χ1v) is 5.30. The number of rotatable bonds is 0. The van der Waals surface area contributed by atoms with Gasteiger partial charge in [-0.05, 0) is 37.0 Å². The highest BCUT2D eigenvalue weighted by atomic mass is 16.5. The molecule has 1 aromatic carbocycles.